The van der Waals surface area contributed by atoms with Gasteiger partial charge in [0.1, 0.15) is 0 Å². The maximum atomic E-state index is 4.57. The average molecular weight is 265 g/mol. The lowest BCUT2D eigenvalue weighted by Crippen LogP contribution is -1.92. The van der Waals surface area contributed by atoms with Gasteiger partial charge in [-0.25, -0.2) is 0 Å². The van der Waals surface area contributed by atoms with Crippen molar-refractivity contribution in [3.8, 4) is 11.3 Å². The Kier molecular flexibility index (Phi) is 5.11. The molecule has 0 fully saturated rings. The van der Waals surface area contributed by atoms with Gasteiger partial charge in [-0.1, -0.05) is 37.3 Å². The second kappa shape index (κ2) is 7.04. The predicted octanol–water partition coefficient (Wildman–Crippen LogP) is 5.13. The Labute approximate surface area is 122 Å². The van der Waals surface area contributed by atoms with Crippen LogP contribution in [0.15, 0.2) is 49.2 Å². The van der Waals surface area contributed by atoms with Crippen molar-refractivity contribution >= 4 is 0 Å². The zero-order valence-corrected chi connectivity index (χ0v) is 12.5. The molecule has 1 heteroatoms. The zero-order chi connectivity index (χ0) is 14.4. The summed E-state index contributed by atoms with van der Waals surface area (Å²) in [5.74, 6) is 0. The van der Waals surface area contributed by atoms with E-state index in [1.165, 1.54) is 28.7 Å². The van der Waals surface area contributed by atoms with Crippen molar-refractivity contribution in [2.24, 2.45) is 0 Å². The van der Waals surface area contributed by atoms with Gasteiger partial charge in [0.2, 0.25) is 0 Å². The maximum Gasteiger partial charge on any atom is 0.0704 e. The highest BCUT2D eigenvalue weighted by atomic mass is 14.7. The van der Waals surface area contributed by atoms with Crippen LogP contribution in [0.4, 0.5) is 0 Å². The van der Waals surface area contributed by atoms with Gasteiger partial charge in [0.15, 0.2) is 0 Å². The lowest BCUT2D eigenvalue weighted by molar-refractivity contribution is 0.843. The van der Waals surface area contributed by atoms with E-state index in [1.54, 1.807) is 0 Å². The van der Waals surface area contributed by atoms with Crippen LogP contribution in [-0.4, -0.2) is 4.98 Å². The van der Waals surface area contributed by atoms with E-state index in [9.17, 15) is 0 Å². The molecular formula is C19H23N. The van der Waals surface area contributed by atoms with Gasteiger partial charge < -0.3 is 0 Å². The Hall–Kier alpha value is -1.89. The van der Waals surface area contributed by atoms with Crippen molar-refractivity contribution in [3.05, 3.63) is 65.9 Å². The highest BCUT2D eigenvalue weighted by molar-refractivity contribution is 5.64. The summed E-state index contributed by atoms with van der Waals surface area (Å²) >= 11 is 0. The highest BCUT2D eigenvalue weighted by Gasteiger charge is 2.04. The van der Waals surface area contributed by atoms with Crippen LogP contribution < -0.4 is 0 Å². The van der Waals surface area contributed by atoms with E-state index < -0.39 is 0 Å². The van der Waals surface area contributed by atoms with Crippen molar-refractivity contribution < 1.29 is 0 Å². The number of rotatable bonds is 6. The van der Waals surface area contributed by atoms with Crippen LogP contribution in [0.1, 0.15) is 36.5 Å². The molecule has 1 nitrogen and oxygen atoms in total. The Morgan fingerprint density at radius 3 is 2.55 bits per heavy atom. The summed E-state index contributed by atoms with van der Waals surface area (Å²) in [6.07, 6.45) is 8.38. The first-order valence-electron chi connectivity index (χ1n) is 7.40. The van der Waals surface area contributed by atoms with E-state index in [1.807, 2.05) is 12.3 Å². The molecule has 1 heterocycles. The summed E-state index contributed by atoms with van der Waals surface area (Å²) in [6.45, 7) is 8.09. The van der Waals surface area contributed by atoms with Crippen molar-refractivity contribution in [1.82, 2.24) is 4.98 Å². The number of unbranched alkanes of at least 4 members (excludes halogenated alkanes) is 1. The van der Waals surface area contributed by atoms with Gasteiger partial charge in [0, 0.05) is 11.8 Å². The van der Waals surface area contributed by atoms with E-state index in [-0.39, 0.29) is 0 Å². The van der Waals surface area contributed by atoms with E-state index in [4.69, 9.17) is 0 Å². The fourth-order valence-corrected chi connectivity index (χ4v) is 2.41. The molecule has 0 bridgehead atoms. The number of pyridine rings is 1. The van der Waals surface area contributed by atoms with Crippen LogP contribution in [0.3, 0.4) is 0 Å². The molecule has 1 aromatic carbocycles. The molecule has 0 radical (unpaired) electrons. The minimum absolute atomic E-state index is 1.04. The number of aromatic nitrogens is 1. The third-order valence-electron chi connectivity index (χ3n) is 3.67. The van der Waals surface area contributed by atoms with E-state index in [0.29, 0.717) is 0 Å². The van der Waals surface area contributed by atoms with Crippen molar-refractivity contribution in [2.45, 2.75) is 39.5 Å². The van der Waals surface area contributed by atoms with Gasteiger partial charge in [-0.2, -0.15) is 0 Å². The fourth-order valence-electron chi connectivity index (χ4n) is 2.41. The summed E-state index contributed by atoms with van der Waals surface area (Å²) in [5.41, 5.74) is 6.29. The highest BCUT2D eigenvalue weighted by Crippen LogP contribution is 2.23. The lowest BCUT2D eigenvalue weighted by atomic mass is 9.99. The summed E-state index contributed by atoms with van der Waals surface area (Å²) in [4.78, 5) is 4.57. The van der Waals surface area contributed by atoms with Crippen LogP contribution in [0, 0.1) is 6.92 Å². The quantitative estimate of drug-likeness (QED) is 0.521. The van der Waals surface area contributed by atoms with E-state index in [0.717, 1.165) is 25.0 Å². The molecule has 0 saturated heterocycles. The van der Waals surface area contributed by atoms with Crippen LogP contribution in [-0.2, 0) is 12.8 Å². The maximum absolute atomic E-state index is 4.57. The first-order chi connectivity index (χ1) is 9.74. The summed E-state index contributed by atoms with van der Waals surface area (Å²) in [7, 11) is 0. The summed E-state index contributed by atoms with van der Waals surface area (Å²) in [6, 6.07) is 11.0. The molecule has 20 heavy (non-hydrogen) atoms. The lowest BCUT2D eigenvalue weighted by Gasteiger charge is -2.08. The zero-order valence-electron chi connectivity index (χ0n) is 12.5. The van der Waals surface area contributed by atoms with E-state index in [2.05, 4.69) is 55.7 Å². The topological polar surface area (TPSA) is 12.9 Å². The smallest absolute Gasteiger partial charge is 0.0704 e. The molecule has 0 unspecified atom stereocenters. The molecule has 1 aromatic heterocycles. The molecule has 0 amide bonds. The number of benzene rings is 1. The van der Waals surface area contributed by atoms with Crippen LogP contribution in [0.5, 0.6) is 0 Å². The second-order valence-electron chi connectivity index (χ2n) is 5.24. The van der Waals surface area contributed by atoms with Crippen LogP contribution in [0.2, 0.25) is 0 Å². The van der Waals surface area contributed by atoms with Gasteiger partial charge in [0.05, 0.1) is 5.69 Å². The van der Waals surface area contributed by atoms with Crippen molar-refractivity contribution in [2.75, 3.05) is 0 Å². The molecule has 104 valence electrons. The monoisotopic (exact) mass is 265 g/mol. The Balaban J connectivity index is 2.17. The molecule has 0 atom stereocenters. The third kappa shape index (κ3) is 3.57. The Morgan fingerprint density at radius 2 is 1.95 bits per heavy atom. The molecule has 0 aliphatic heterocycles. The molecule has 2 rings (SSSR count). The van der Waals surface area contributed by atoms with Gasteiger partial charge >= 0.3 is 0 Å². The van der Waals surface area contributed by atoms with Gasteiger partial charge in [-0.15, -0.1) is 6.58 Å². The molecule has 0 spiro atoms. The first kappa shape index (κ1) is 14.5. The second-order valence-corrected chi connectivity index (χ2v) is 5.24. The number of allylic oxidation sites excluding steroid dienone is 1. The molecule has 2 aromatic rings. The van der Waals surface area contributed by atoms with Gasteiger partial charge in [0.25, 0.3) is 0 Å². The van der Waals surface area contributed by atoms with Crippen molar-refractivity contribution in [3.63, 3.8) is 0 Å². The summed E-state index contributed by atoms with van der Waals surface area (Å²) in [5, 5.41) is 0. The number of aryl methyl sites for hydroxylation is 3. The number of hydrogen-bond acceptors (Lipinski definition) is 1. The van der Waals surface area contributed by atoms with Crippen LogP contribution in [0.25, 0.3) is 11.3 Å². The third-order valence-corrected chi connectivity index (χ3v) is 3.67. The van der Waals surface area contributed by atoms with Gasteiger partial charge in [-0.05, 0) is 55.4 Å². The van der Waals surface area contributed by atoms with Crippen molar-refractivity contribution in [1.29, 1.82) is 0 Å². The predicted molar refractivity (Wildman–Crippen MR) is 86.9 cm³/mol. The minimum Gasteiger partial charge on any atom is -0.256 e. The standard InChI is InChI=1S/C19H23N/c1-4-6-7-8-17-9-11-18(15(3)13-17)19-12-10-16(5-2)14-20-19/h4,9-14H,1,5-8H2,2-3H3. The molecule has 0 aliphatic rings. The fraction of sp³-hybridized carbons (Fsp3) is 0.316. The average Bonchev–Trinajstić information content (AvgIpc) is 2.48. The first-order valence-corrected chi connectivity index (χ1v) is 7.40. The molecule has 0 aliphatic carbocycles. The van der Waals surface area contributed by atoms with E-state index >= 15 is 0 Å². The Morgan fingerprint density at radius 1 is 1.15 bits per heavy atom. The minimum atomic E-state index is 1.04. The Bertz CT molecular complexity index is 567. The van der Waals surface area contributed by atoms with Gasteiger partial charge in [-0.3, -0.25) is 4.98 Å². The number of hydrogen-bond donors (Lipinski definition) is 0. The molecule has 0 N–H and O–H groups in total. The summed E-state index contributed by atoms with van der Waals surface area (Å²) < 4.78 is 0. The largest absolute Gasteiger partial charge is 0.256 e. The normalized spacial score (nSPS) is 10.5. The number of nitrogens with zero attached hydrogens (tertiary/aromatic N) is 1. The molecular weight excluding hydrogens is 242 g/mol. The molecule has 0 saturated carbocycles. The van der Waals surface area contributed by atoms with Crippen LogP contribution >= 0.6 is 0 Å². The SMILES string of the molecule is C=CCCCc1ccc(-c2ccc(CC)cn2)c(C)c1.